The van der Waals surface area contributed by atoms with Crippen LogP contribution in [0.4, 0.5) is 0 Å². The molecule has 5 heteroatoms. The van der Waals surface area contributed by atoms with E-state index in [2.05, 4.69) is 5.32 Å². The molecule has 0 saturated heterocycles. The Balaban J connectivity index is 2.49. The Labute approximate surface area is 106 Å². The third-order valence-electron chi connectivity index (χ3n) is 2.16. The first-order valence-electron chi connectivity index (χ1n) is 5.55. The zero-order valence-electron chi connectivity index (χ0n) is 9.83. The van der Waals surface area contributed by atoms with Gasteiger partial charge in [-0.2, -0.15) is 0 Å². The van der Waals surface area contributed by atoms with Gasteiger partial charge in [-0.3, -0.25) is 4.79 Å². The first-order chi connectivity index (χ1) is 8.17. The van der Waals surface area contributed by atoms with Crippen LogP contribution < -0.4 is 15.8 Å². The predicted octanol–water partition coefficient (Wildman–Crippen LogP) is 1.70. The van der Waals surface area contributed by atoms with Crippen molar-refractivity contribution in [3.8, 4) is 5.75 Å². The predicted molar refractivity (Wildman–Crippen MR) is 68.1 cm³/mol. The van der Waals surface area contributed by atoms with Crippen molar-refractivity contribution >= 4 is 17.5 Å². The van der Waals surface area contributed by atoms with Crippen molar-refractivity contribution in [1.82, 2.24) is 5.32 Å². The third kappa shape index (κ3) is 4.63. The lowest BCUT2D eigenvalue weighted by atomic mass is 10.2. The summed E-state index contributed by atoms with van der Waals surface area (Å²) < 4.78 is 5.31. The molecule has 0 aromatic heterocycles. The van der Waals surface area contributed by atoms with Crippen molar-refractivity contribution in [2.24, 2.45) is 5.73 Å². The summed E-state index contributed by atoms with van der Waals surface area (Å²) in [5, 5.41) is 3.19. The Morgan fingerprint density at radius 2 is 2.29 bits per heavy atom. The molecular weight excluding hydrogens is 240 g/mol. The van der Waals surface area contributed by atoms with E-state index in [0.717, 1.165) is 12.0 Å². The molecule has 1 aromatic carbocycles. The Morgan fingerprint density at radius 3 is 2.88 bits per heavy atom. The molecule has 0 spiro atoms. The minimum absolute atomic E-state index is 0.0261. The van der Waals surface area contributed by atoms with Gasteiger partial charge in [0.05, 0.1) is 5.02 Å². The van der Waals surface area contributed by atoms with Crippen LogP contribution in [0, 0.1) is 0 Å². The van der Waals surface area contributed by atoms with Crippen molar-refractivity contribution in [2.45, 2.75) is 19.9 Å². The van der Waals surface area contributed by atoms with E-state index in [-0.39, 0.29) is 12.5 Å². The molecule has 0 unspecified atom stereocenters. The molecule has 4 nitrogen and oxygen atoms in total. The van der Waals surface area contributed by atoms with Gasteiger partial charge in [-0.1, -0.05) is 24.6 Å². The van der Waals surface area contributed by atoms with Gasteiger partial charge in [0.2, 0.25) is 0 Å². The fourth-order valence-electron chi connectivity index (χ4n) is 1.25. The van der Waals surface area contributed by atoms with Gasteiger partial charge in [-0.25, -0.2) is 0 Å². The summed E-state index contributed by atoms with van der Waals surface area (Å²) in [5.41, 5.74) is 6.41. The Bertz CT molecular complexity index is 383. The van der Waals surface area contributed by atoms with Crippen LogP contribution in [0.25, 0.3) is 0 Å². The number of hydrogen-bond donors (Lipinski definition) is 2. The summed E-state index contributed by atoms with van der Waals surface area (Å²) in [6.45, 7) is 3.05. The SMILES string of the molecule is CCCNC(=O)COc1ccc(CN)cc1Cl. The minimum atomic E-state index is -0.147. The summed E-state index contributed by atoms with van der Waals surface area (Å²) in [5.74, 6) is 0.348. The van der Waals surface area contributed by atoms with E-state index >= 15 is 0 Å². The number of nitrogens with two attached hydrogens (primary N) is 1. The Kier molecular flexibility index (Phi) is 5.80. The van der Waals surface area contributed by atoms with Crippen LogP contribution in [0.5, 0.6) is 5.75 Å². The summed E-state index contributed by atoms with van der Waals surface area (Å²) in [6, 6.07) is 5.28. The zero-order valence-corrected chi connectivity index (χ0v) is 10.6. The van der Waals surface area contributed by atoms with Crippen molar-refractivity contribution in [1.29, 1.82) is 0 Å². The minimum Gasteiger partial charge on any atom is -0.482 e. The lowest BCUT2D eigenvalue weighted by Gasteiger charge is -2.09. The van der Waals surface area contributed by atoms with Gasteiger partial charge in [0.1, 0.15) is 5.75 Å². The highest BCUT2D eigenvalue weighted by molar-refractivity contribution is 6.32. The highest BCUT2D eigenvalue weighted by Crippen LogP contribution is 2.25. The molecule has 3 N–H and O–H groups in total. The van der Waals surface area contributed by atoms with Crippen LogP contribution in [0.15, 0.2) is 18.2 Å². The van der Waals surface area contributed by atoms with Crippen LogP contribution in [-0.2, 0) is 11.3 Å². The van der Waals surface area contributed by atoms with Crippen LogP contribution in [0.3, 0.4) is 0 Å². The Morgan fingerprint density at radius 1 is 1.53 bits per heavy atom. The molecule has 0 atom stereocenters. The highest BCUT2D eigenvalue weighted by Gasteiger charge is 2.05. The number of hydrogen-bond acceptors (Lipinski definition) is 3. The van der Waals surface area contributed by atoms with Gasteiger partial charge in [0, 0.05) is 13.1 Å². The van der Waals surface area contributed by atoms with E-state index in [1.54, 1.807) is 12.1 Å². The number of amides is 1. The fraction of sp³-hybridized carbons (Fsp3) is 0.417. The third-order valence-corrected chi connectivity index (χ3v) is 2.46. The second kappa shape index (κ2) is 7.14. The molecule has 0 aliphatic heterocycles. The maximum absolute atomic E-state index is 11.3. The molecule has 0 fully saturated rings. The maximum atomic E-state index is 11.3. The number of carbonyl (C=O) groups excluding carboxylic acids is 1. The molecular formula is C12H17ClN2O2. The molecule has 0 radical (unpaired) electrons. The van der Waals surface area contributed by atoms with E-state index in [1.165, 1.54) is 0 Å². The van der Waals surface area contributed by atoms with Crippen LogP contribution in [0.2, 0.25) is 5.02 Å². The van der Waals surface area contributed by atoms with Gasteiger partial charge in [0.15, 0.2) is 6.61 Å². The quantitative estimate of drug-likeness (QED) is 0.814. The van der Waals surface area contributed by atoms with Crippen molar-refractivity contribution < 1.29 is 9.53 Å². The molecule has 1 amide bonds. The Hall–Kier alpha value is -1.26. The molecule has 0 aliphatic rings. The first-order valence-corrected chi connectivity index (χ1v) is 5.93. The summed E-state index contributed by atoms with van der Waals surface area (Å²) in [4.78, 5) is 11.3. The lowest BCUT2D eigenvalue weighted by Crippen LogP contribution is -2.29. The largest absolute Gasteiger partial charge is 0.482 e. The average Bonchev–Trinajstić information content (AvgIpc) is 2.34. The summed E-state index contributed by atoms with van der Waals surface area (Å²) >= 11 is 5.98. The van der Waals surface area contributed by atoms with Crippen LogP contribution in [-0.4, -0.2) is 19.1 Å². The molecule has 0 saturated carbocycles. The van der Waals surface area contributed by atoms with Crippen molar-refractivity contribution in [3.63, 3.8) is 0 Å². The van der Waals surface area contributed by atoms with E-state index in [9.17, 15) is 4.79 Å². The molecule has 1 rings (SSSR count). The van der Waals surface area contributed by atoms with Gasteiger partial charge < -0.3 is 15.8 Å². The molecule has 1 aromatic rings. The van der Waals surface area contributed by atoms with Gasteiger partial charge in [0.25, 0.3) is 5.91 Å². The van der Waals surface area contributed by atoms with E-state index in [4.69, 9.17) is 22.1 Å². The molecule has 17 heavy (non-hydrogen) atoms. The lowest BCUT2D eigenvalue weighted by molar-refractivity contribution is -0.123. The highest BCUT2D eigenvalue weighted by atomic mass is 35.5. The second-order valence-corrected chi connectivity index (χ2v) is 4.01. The standard InChI is InChI=1S/C12H17ClN2O2/c1-2-5-15-12(16)8-17-11-4-3-9(7-14)6-10(11)13/h3-4,6H,2,5,7-8,14H2,1H3,(H,15,16). The topological polar surface area (TPSA) is 64.3 Å². The van der Waals surface area contributed by atoms with Gasteiger partial charge in [-0.05, 0) is 24.1 Å². The van der Waals surface area contributed by atoms with Gasteiger partial charge in [-0.15, -0.1) is 0 Å². The van der Waals surface area contributed by atoms with Crippen molar-refractivity contribution in [3.05, 3.63) is 28.8 Å². The number of halogens is 1. The van der Waals surface area contributed by atoms with Crippen molar-refractivity contribution in [2.75, 3.05) is 13.2 Å². The average molecular weight is 257 g/mol. The van der Waals surface area contributed by atoms with Crippen LogP contribution >= 0.6 is 11.6 Å². The molecule has 94 valence electrons. The van der Waals surface area contributed by atoms with Gasteiger partial charge >= 0.3 is 0 Å². The number of benzene rings is 1. The number of rotatable bonds is 6. The molecule has 0 heterocycles. The number of carbonyl (C=O) groups is 1. The zero-order chi connectivity index (χ0) is 12.7. The van der Waals surface area contributed by atoms with Crippen LogP contribution in [0.1, 0.15) is 18.9 Å². The fourth-order valence-corrected chi connectivity index (χ4v) is 1.50. The second-order valence-electron chi connectivity index (χ2n) is 3.61. The van der Waals surface area contributed by atoms with E-state index < -0.39 is 0 Å². The number of ether oxygens (including phenoxy) is 1. The maximum Gasteiger partial charge on any atom is 0.257 e. The molecule has 0 aliphatic carbocycles. The monoisotopic (exact) mass is 256 g/mol. The van der Waals surface area contributed by atoms with E-state index in [0.29, 0.717) is 23.9 Å². The van der Waals surface area contributed by atoms with E-state index in [1.807, 2.05) is 13.0 Å². The summed E-state index contributed by atoms with van der Waals surface area (Å²) in [6.07, 6.45) is 0.900. The normalized spacial score (nSPS) is 10.1. The smallest absolute Gasteiger partial charge is 0.257 e. The number of nitrogens with one attached hydrogen (secondary N) is 1. The first kappa shape index (κ1) is 13.8. The molecule has 0 bridgehead atoms. The summed E-state index contributed by atoms with van der Waals surface area (Å²) in [7, 11) is 0.